The molecule has 6 nitrogen and oxygen atoms in total. The largest absolute Gasteiger partial charge is 0.494 e. The molecule has 2 aromatic rings. The molecule has 1 saturated heterocycles. The van der Waals surface area contributed by atoms with E-state index >= 15 is 0 Å². The summed E-state index contributed by atoms with van der Waals surface area (Å²) in [5, 5.41) is 9.16. The van der Waals surface area contributed by atoms with Crippen molar-refractivity contribution in [3.8, 4) is 17.2 Å². The highest BCUT2D eigenvalue weighted by Gasteiger charge is 2.43. The molecule has 1 heterocycles. The lowest BCUT2D eigenvalue weighted by atomic mass is 9.97. The highest BCUT2D eigenvalue weighted by molar-refractivity contribution is 5.75. The molecule has 3 atom stereocenters. The van der Waals surface area contributed by atoms with E-state index in [-0.39, 0.29) is 12.0 Å². The second-order valence-electron chi connectivity index (χ2n) is 7.02. The Morgan fingerprint density at radius 2 is 1.75 bits per heavy atom. The van der Waals surface area contributed by atoms with Crippen molar-refractivity contribution in [3.63, 3.8) is 0 Å². The van der Waals surface area contributed by atoms with Gasteiger partial charge in [0.1, 0.15) is 17.2 Å². The van der Waals surface area contributed by atoms with Gasteiger partial charge in [-0.15, -0.1) is 0 Å². The summed E-state index contributed by atoms with van der Waals surface area (Å²) >= 11 is 0. The molecule has 0 amide bonds. The Balaban J connectivity index is 1.39. The predicted octanol–water partition coefficient (Wildman–Crippen LogP) is 4.49. The van der Waals surface area contributed by atoms with Gasteiger partial charge in [0.15, 0.2) is 0 Å². The molecule has 6 heteroatoms. The smallest absolute Gasteiger partial charge is 0.364 e. The molecule has 1 aliphatic rings. The Hall–Kier alpha value is -2.57. The van der Waals surface area contributed by atoms with Crippen LogP contribution in [0.15, 0.2) is 54.6 Å². The Morgan fingerprint density at radius 1 is 1.11 bits per heavy atom. The van der Waals surface area contributed by atoms with E-state index in [1.54, 1.807) is 0 Å². The van der Waals surface area contributed by atoms with E-state index in [9.17, 15) is 4.79 Å². The van der Waals surface area contributed by atoms with Crippen molar-refractivity contribution in [1.82, 2.24) is 0 Å². The molecule has 3 rings (SSSR count). The zero-order valence-corrected chi connectivity index (χ0v) is 16.2. The van der Waals surface area contributed by atoms with Crippen LogP contribution in [0.25, 0.3) is 0 Å². The molecule has 2 aromatic carbocycles. The number of rotatable bonds is 8. The first-order valence-electron chi connectivity index (χ1n) is 9.47. The summed E-state index contributed by atoms with van der Waals surface area (Å²) in [6, 6.07) is 17.1. The zero-order valence-electron chi connectivity index (χ0n) is 16.2. The molecule has 1 N–H and O–H groups in total. The van der Waals surface area contributed by atoms with Crippen LogP contribution in [0.2, 0.25) is 0 Å². The number of carboxylic acids is 1. The van der Waals surface area contributed by atoms with E-state index in [1.165, 1.54) is 6.92 Å². The summed E-state index contributed by atoms with van der Waals surface area (Å²) in [5.74, 6) is -0.163. The van der Waals surface area contributed by atoms with E-state index in [0.29, 0.717) is 13.2 Å². The number of hydrogen-bond donors (Lipinski definition) is 1. The SMILES string of the molecule is CC1OC(C)(C(=O)O)OCC1CCCOc1ccc(Oc2ccccc2)cc1. The maximum absolute atomic E-state index is 11.2. The maximum Gasteiger partial charge on any atom is 0.364 e. The highest BCUT2D eigenvalue weighted by Crippen LogP contribution is 2.29. The Kier molecular flexibility index (Phi) is 6.54. The first-order chi connectivity index (χ1) is 13.5. The number of benzene rings is 2. The van der Waals surface area contributed by atoms with Crippen molar-refractivity contribution < 1.29 is 28.8 Å². The van der Waals surface area contributed by atoms with Gasteiger partial charge in [0.05, 0.1) is 19.3 Å². The molecule has 3 unspecified atom stereocenters. The van der Waals surface area contributed by atoms with E-state index in [1.807, 2.05) is 61.5 Å². The first-order valence-corrected chi connectivity index (χ1v) is 9.47. The summed E-state index contributed by atoms with van der Waals surface area (Å²) in [4.78, 5) is 11.2. The van der Waals surface area contributed by atoms with Crippen LogP contribution in [0.1, 0.15) is 26.7 Å². The third-order valence-electron chi connectivity index (χ3n) is 4.83. The van der Waals surface area contributed by atoms with Gasteiger partial charge in [-0.05, 0) is 56.2 Å². The number of hydrogen-bond acceptors (Lipinski definition) is 5. The average Bonchev–Trinajstić information content (AvgIpc) is 2.68. The molecule has 0 saturated carbocycles. The molecule has 0 aromatic heterocycles. The Bertz CT molecular complexity index is 760. The van der Waals surface area contributed by atoms with Crippen LogP contribution in [-0.4, -0.2) is 36.2 Å². The fraction of sp³-hybridized carbons (Fsp3) is 0.409. The van der Waals surface area contributed by atoms with Crippen molar-refractivity contribution in [2.24, 2.45) is 5.92 Å². The lowest BCUT2D eigenvalue weighted by Crippen LogP contribution is -2.51. The third-order valence-corrected chi connectivity index (χ3v) is 4.83. The summed E-state index contributed by atoms with van der Waals surface area (Å²) in [5.41, 5.74) is 0. The molecule has 28 heavy (non-hydrogen) atoms. The van der Waals surface area contributed by atoms with Crippen molar-refractivity contribution in [1.29, 1.82) is 0 Å². The minimum absolute atomic E-state index is 0.151. The van der Waals surface area contributed by atoms with Crippen molar-refractivity contribution in [3.05, 3.63) is 54.6 Å². The van der Waals surface area contributed by atoms with Gasteiger partial charge in [-0.2, -0.15) is 0 Å². The minimum Gasteiger partial charge on any atom is -0.494 e. The minimum atomic E-state index is -1.55. The zero-order chi connectivity index (χ0) is 20.0. The van der Waals surface area contributed by atoms with Gasteiger partial charge in [-0.1, -0.05) is 18.2 Å². The van der Waals surface area contributed by atoms with Crippen LogP contribution in [0.4, 0.5) is 0 Å². The molecule has 150 valence electrons. The number of aliphatic carboxylic acids is 1. The monoisotopic (exact) mass is 386 g/mol. The van der Waals surface area contributed by atoms with Gasteiger partial charge in [0, 0.05) is 12.8 Å². The van der Waals surface area contributed by atoms with E-state index in [0.717, 1.165) is 30.1 Å². The number of para-hydroxylation sites is 1. The lowest BCUT2D eigenvalue weighted by Gasteiger charge is -2.39. The van der Waals surface area contributed by atoms with Crippen LogP contribution in [0.3, 0.4) is 0 Å². The predicted molar refractivity (Wildman–Crippen MR) is 104 cm³/mol. The quantitative estimate of drug-likeness (QED) is 0.674. The van der Waals surface area contributed by atoms with E-state index in [2.05, 4.69) is 0 Å². The van der Waals surface area contributed by atoms with Crippen LogP contribution in [-0.2, 0) is 14.3 Å². The molecular weight excluding hydrogens is 360 g/mol. The second kappa shape index (κ2) is 9.08. The topological polar surface area (TPSA) is 74.2 Å². The van der Waals surface area contributed by atoms with Crippen molar-refractivity contribution >= 4 is 5.97 Å². The summed E-state index contributed by atoms with van der Waals surface area (Å²) in [6.45, 7) is 4.27. The van der Waals surface area contributed by atoms with Gasteiger partial charge in [-0.3, -0.25) is 0 Å². The summed E-state index contributed by atoms with van der Waals surface area (Å²) in [7, 11) is 0. The lowest BCUT2D eigenvalue weighted by molar-refractivity contribution is -0.292. The highest BCUT2D eigenvalue weighted by atomic mass is 16.7. The maximum atomic E-state index is 11.2. The first kappa shape index (κ1) is 20.2. The molecule has 0 radical (unpaired) electrons. The normalized spacial score (nSPS) is 24.5. The van der Waals surface area contributed by atoms with Gasteiger partial charge < -0.3 is 24.1 Å². The number of carbonyl (C=O) groups is 1. The molecule has 0 spiro atoms. The van der Waals surface area contributed by atoms with Gasteiger partial charge in [-0.25, -0.2) is 4.79 Å². The number of ether oxygens (including phenoxy) is 4. The molecule has 1 fully saturated rings. The van der Waals surface area contributed by atoms with E-state index in [4.69, 9.17) is 24.1 Å². The molecule has 0 bridgehead atoms. The standard InChI is InChI=1S/C22H26O6/c1-16-17(15-26-22(2,28-16)21(23)24)7-6-14-25-18-10-12-20(13-11-18)27-19-8-4-3-5-9-19/h3-5,8-13,16-17H,6-7,14-15H2,1-2H3,(H,23,24). The number of carboxylic acid groups (broad SMARTS) is 1. The van der Waals surface area contributed by atoms with E-state index < -0.39 is 11.8 Å². The average molecular weight is 386 g/mol. The van der Waals surface area contributed by atoms with Crippen molar-refractivity contribution in [2.45, 2.75) is 38.6 Å². The third kappa shape index (κ3) is 5.24. The Morgan fingerprint density at radius 3 is 2.39 bits per heavy atom. The summed E-state index contributed by atoms with van der Waals surface area (Å²) in [6.07, 6.45) is 1.49. The van der Waals surface area contributed by atoms with Crippen LogP contribution < -0.4 is 9.47 Å². The molecular formula is C22H26O6. The van der Waals surface area contributed by atoms with Gasteiger partial charge >= 0.3 is 5.97 Å². The van der Waals surface area contributed by atoms with Crippen LogP contribution in [0, 0.1) is 5.92 Å². The van der Waals surface area contributed by atoms with Crippen LogP contribution >= 0.6 is 0 Å². The fourth-order valence-corrected chi connectivity index (χ4v) is 3.08. The summed E-state index contributed by atoms with van der Waals surface area (Å²) < 4.78 is 22.5. The molecule has 1 aliphatic heterocycles. The van der Waals surface area contributed by atoms with Crippen LogP contribution in [0.5, 0.6) is 17.2 Å². The molecule has 0 aliphatic carbocycles. The van der Waals surface area contributed by atoms with Crippen molar-refractivity contribution in [2.75, 3.05) is 13.2 Å². The van der Waals surface area contributed by atoms with Gasteiger partial charge in [0.2, 0.25) is 0 Å². The second-order valence-corrected chi connectivity index (χ2v) is 7.02. The fourth-order valence-electron chi connectivity index (χ4n) is 3.08. The van der Waals surface area contributed by atoms with Gasteiger partial charge in [0.25, 0.3) is 5.79 Å². The Labute approximate surface area is 165 Å².